The molecule has 176 valence electrons. The molecule has 0 radical (unpaired) electrons. The fourth-order valence-corrected chi connectivity index (χ4v) is 4.81. The Kier molecular flexibility index (Phi) is 6.58. The van der Waals surface area contributed by atoms with Crippen LogP contribution in [0.4, 0.5) is 25.3 Å². The van der Waals surface area contributed by atoms with Crippen molar-refractivity contribution >= 4 is 33.8 Å². The van der Waals surface area contributed by atoms with Crippen molar-refractivity contribution in [1.29, 1.82) is 0 Å². The molecule has 2 atom stereocenters. The van der Waals surface area contributed by atoms with Gasteiger partial charge in [-0.05, 0) is 25.0 Å². The molecule has 1 fully saturated rings. The van der Waals surface area contributed by atoms with E-state index < -0.39 is 17.5 Å². The Balaban J connectivity index is 1.60. The molecule has 1 saturated heterocycles. The van der Waals surface area contributed by atoms with Gasteiger partial charge in [-0.25, -0.2) is 13.8 Å². The molecule has 9 nitrogen and oxygen atoms in total. The van der Waals surface area contributed by atoms with Crippen LogP contribution in [0.5, 0.6) is 0 Å². The highest BCUT2D eigenvalue weighted by molar-refractivity contribution is 7.19. The van der Waals surface area contributed by atoms with Crippen molar-refractivity contribution < 1.29 is 18.3 Å². The highest BCUT2D eigenvalue weighted by atomic mass is 32.1. The number of amides is 1. The lowest BCUT2D eigenvalue weighted by atomic mass is 10.1. The SMILES string of the molecule is COC1CC(N)CCN(c2c(NC(=O)c3nc(-c4c(F)cccc4F)sc3N)cnn2C)C1. The second-order valence-corrected chi connectivity index (χ2v) is 8.91. The topological polar surface area (TPSA) is 124 Å². The van der Waals surface area contributed by atoms with E-state index in [1.165, 1.54) is 12.3 Å². The Morgan fingerprint density at radius 1 is 1.33 bits per heavy atom. The number of rotatable bonds is 5. The third-order valence-corrected chi connectivity index (χ3v) is 6.50. The molecule has 2 aromatic heterocycles. The van der Waals surface area contributed by atoms with Gasteiger partial charge in [0.05, 0.1) is 17.9 Å². The number of thiazole rings is 1. The quantitative estimate of drug-likeness (QED) is 0.516. The Bertz CT molecular complexity index is 1150. The lowest BCUT2D eigenvalue weighted by molar-refractivity contribution is 0.0992. The van der Waals surface area contributed by atoms with Gasteiger partial charge in [-0.15, -0.1) is 0 Å². The second kappa shape index (κ2) is 9.41. The predicted molar refractivity (Wildman–Crippen MR) is 123 cm³/mol. The minimum atomic E-state index is -0.780. The summed E-state index contributed by atoms with van der Waals surface area (Å²) in [5.41, 5.74) is 12.2. The van der Waals surface area contributed by atoms with Crippen molar-refractivity contribution in [2.24, 2.45) is 12.8 Å². The number of nitrogens with one attached hydrogen (secondary N) is 1. The number of halogens is 2. The highest BCUT2D eigenvalue weighted by Crippen LogP contribution is 2.34. The molecule has 3 aromatic rings. The van der Waals surface area contributed by atoms with Crippen molar-refractivity contribution in [3.05, 3.63) is 41.7 Å². The van der Waals surface area contributed by atoms with Crippen molar-refractivity contribution in [2.75, 3.05) is 36.1 Å². The molecular weight excluding hydrogens is 452 g/mol. The molecule has 3 heterocycles. The van der Waals surface area contributed by atoms with Gasteiger partial charge >= 0.3 is 0 Å². The van der Waals surface area contributed by atoms with E-state index in [2.05, 4.69) is 20.3 Å². The molecule has 0 saturated carbocycles. The predicted octanol–water partition coefficient (Wildman–Crippen LogP) is 2.60. The van der Waals surface area contributed by atoms with E-state index in [-0.39, 0.29) is 33.4 Å². The average Bonchev–Trinajstić information content (AvgIpc) is 3.26. The lowest BCUT2D eigenvalue weighted by Gasteiger charge is -2.26. The number of aryl methyl sites for hydroxylation is 1. The minimum Gasteiger partial charge on any atom is -0.389 e. The first-order chi connectivity index (χ1) is 15.8. The summed E-state index contributed by atoms with van der Waals surface area (Å²) in [4.78, 5) is 19.2. The minimum absolute atomic E-state index is 0.0101. The van der Waals surface area contributed by atoms with Crippen LogP contribution in [0, 0.1) is 11.6 Å². The van der Waals surface area contributed by atoms with E-state index in [4.69, 9.17) is 16.2 Å². The number of aromatic nitrogens is 3. The number of methoxy groups -OCH3 is 1. The number of nitrogens with zero attached hydrogens (tertiary/aromatic N) is 4. The van der Waals surface area contributed by atoms with Crippen LogP contribution >= 0.6 is 11.3 Å². The van der Waals surface area contributed by atoms with Crippen molar-refractivity contribution in [1.82, 2.24) is 14.8 Å². The summed E-state index contributed by atoms with van der Waals surface area (Å²) in [5, 5.41) is 7.10. The number of hydrogen-bond donors (Lipinski definition) is 3. The summed E-state index contributed by atoms with van der Waals surface area (Å²) < 4.78 is 35.5. The monoisotopic (exact) mass is 477 g/mol. The summed E-state index contributed by atoms with van der Waals surface area (Å²) in [6.07, 6.45) is 2.96. The second-order valence-electron chi connectivity index (χ2n) is 7.88. The van der Waals surface area contributed by atoms with Crippen LogP contribution < -0.4 is 21.7 Å². The van der Waals surface area contributed by atoms with Crippen molar-refractivity contribution in [3.63, 3.8) is 0 Å². The Labute approximate surface area is 193 Å². The standard InChI is InChI=1S/C21H25F2N7O2S/c1-29-21(30-7-6-11(24)8-12(10-30)32-2)15(9-26-29)27-19(31)17-18(25)33-20(28-17)16-13(22)4-3-5-14(16)23/h3-5,9,11-12H,6-8,10,24-25H2,1-2H3,(H,27,31). The van der Waals surface area contributed by atoms with Gasteiger partial charge in [0.25, 0.3) is 5.91 Å². The highest BCUT2D eigenvalue weighted by Gasteiger charge is 2.28. The fourth-order valence-electron chi connectivity index (χ4n) is 3.93. The molecule has 0 aliphatic carbocycles. The van der Waals surface area contributed by atoms with Gasteiger partial charge in [0, 0.05) is 33.3 Å². The van der Waals surface area contributed by atoms with Crippen molar-refractivity contribution in [3.8, 4) is 10.6 Å². The van der Waals surface area contributed by atoms with Crippen LogP contribution in [-0.2, 0) is 11.8 Å². The first kappa shape index (κ1) is 23.1. The van der Waals surface area contributed by atoms with Gasteiger partial charge in [-0.2, -0.15) is 5.10 Å². The Hall–Kier alpha value is -3.09. The summed E-state index contributed by atoms with van der Waals surface area (Å²) in [6, 6.07) is 3.51. The molecule has 1 amide bonds. The summed E-state index contributed by atoms with van der Waals surface area (Å²) in [7, 11) is 3.42. The van der Waals surface area contributed by atoms with Gasteiger partial charge in [0.1, 0.15) is 27.3 Å². The third kappa shape index (κ3) is 4.68. The zero-order valence-electron chi connectivity index (χ0n) is 18.2. The van der Waals surface area contributed by atoms with E-state index >= 15 is 0 Å². The summed E-state index contributed by atoms with van der Waals surface area (Å²) >= 11 is 0.843. The number of nitrogen functional groups attached to an aromatic ring is 1. The fraction of sp³-hybridized carbons (Fsp3) is 0.381. The number of carbonyl (C=O) groups excluding carboxylic acids is 1. The van der Waals surface area contributed by atoms with Gasteiger partial charge in [-0.1, -0.05) is 17.4 Å². The maximum atomic E-state index is 14.2. The van der Waals surface area contributed by atoms with E-state index in [1.807, 2.05) is 0 Å². The molecule has 2 unspecified atom stereocenters. The van der Waals surface area contributed by atoms with Gasteiger partial charge in [0.15, 0.2) is 11.5 Å². The molecule has 0 spiro atoms. The van der Waals surface area contributed by atoms with E-state index in [0.717, 1.165) is 36.3 Å². The number of carbonyl (C=O) groups is 1. The van der Waals surface area contributed by atoms with Crippen molar-refractivity contribution in [2.45, 2.75) is 25.0 Å². The molecule has 1 aliphatic heterocycles. The maximum Gasteiger partial charge on any atom is 0.277 e. The van der Waals surface area contributed by atoms with Crippen LogP contribution in [0.1, 0.15) is 23.3 Å². The Morgan fingerprint density at radius 2 is 2.06 bits per heavy atom. The molecule has 5 N–H and O–H groups in total. The van der Waals surface area contributed by atoms with Crippen LogP contribution in [0.3, 0.4) is 0 Å². The van der Waals surface area contributed by atoms with E-state index in [9.17, 15) is 13.6 Å². The van der Waals surface area contributed by atoms with E-state index in [1.54, 1.807) is 18.8 Å². The maximum absolute atomic E-state index is 14.2. The number of hydrogen-bond acceptors (Lipinski definition) is 8. The number of nitrogens with two attached hydrogens (primary N) is 2. The molecule has 1 aliphatic rings. The normalized spacial score (nSPS) is 18.9. The van der Waals surface area contributed by atoms with Gasteiger partial charge < -0.3 is 26.4 Å². The molecule has 1 aromatic carbocycles. The van der Waals surface area contributed by atoms with E-state index in [0.29, 0.717) is 24.6 Å². The largest absolute Gasteiger partial charge is 0.389 e. The molecule has 12 heteroatoms. The number of ether oxygens (including phenoxy) is 1. The van der Waals surface area contributed by atoms with Gasteiger partial charge in [0.2, 0.25) is 0 Å². The average molecular weight is 478 g/mol. The number of anilines is 3. The first-order valence-electron chi connectivity index (χ1n) is 10.4. The molecule has 0 bridgehead atoms. The molecular formula is C21H25F2N7O2S. The lowest BCUT2D eigenvalue weighted by Crippen LogP contribution is -2.34. The van der Waals surface area contributed by atoms with Crippen LogP contribution in [0.15, 0.2) is 24.4 Å². The summed E-state index contributed by atoms with van der Waals surface area (Å²) in [6.45, 7) is 1.25. The Morgan fingerprint density at radius 3 is 2.76 bits per heavy atom. The molecule has 33 heavy (non-hydrogen) atoms. The van der Waals surface area contributed by atoms with Crippen LogP contribution in [-0.4, -0.2) is 53.0 Å². The molecule has 4 rings (SSSR count). The van der Waals surface area contributed by atoms with Gasteiger partial charge in [-0.3, -0.25) is 9.48 Å². The van der Waals surface area contributed by atoms with Crippen LogP contribution in [0.2, 0.25) is 0 Å². The number of benzene rings is 1. The summed E-state index contributed by atoms with van der Waals surface area (Å²) in [5.74, 6) is -1.47. The zero-order valence-corrected chi connectivity index (χ0v) is 19.0. The zero-order chi connectivity index (χ0) is 23.7. The van der Waals surface area contributed by atoms with Crippen LogP contribution in [0.25, 0.3) is 10.6 Å². The first-order valence-corrected chi connectivity index (χ1v) is 11.2. The third-order valence-electron chi connectivity index (χ3n) is 5.59. The smallest absolute Gasteiger partial charge is 0.277 e.